The highest BCUT2D eigenvalue weighted by Gasteiger charge is 2.08. The van der Waals surface area contributed by atoms with Crippen molar-refractivity contribution in [1.29, 1.82) is 0 Å². The average molecular weight is 102 g/mol. The molecule has 0 aliphatic carbocycles. The Kier molecular flexibility index (Phi) is 2.27. The molecule has 0 bridgehead atoms. The first-order valence-electron chi connectivity index (χ1n) is 2.40. The minimum Gasteiger partial charge on any atom is -0.236 e. The lowest BCUT2D eigenvalue weighted by Gasteiger charge is -2.13. The zero-order valence-corrected chi connectivity index (χ0v) is 5.09. The van der Waals surface area contributed by atoms with E-state index in [1.165, 1.54) is 0 Å². The van der Waals surface area contributed by atoms with Crippen LogP contribution in [0.3, 0.4) is 0 Å². The summed E-state index contributed by atoms with van der Waals surface area (Å²) in [5.74, 6) is 0. The van der Waals surface area contributed by atoms with Crippen molar-refractivity contribution in [2.75, 3.05) is 0 Å². The second-order valence-electron chi connectivity index (χ2n) is 2.87. The quantitative estimate of drug-likeness (QED) is 0.477. The summed E-state index contributed by atoms with van der Waals surface area (Å²) in [6.07, 6.45) is 0.424. The first-order chi connectivity index (χ1) is 3.06. The van der Waals surface area contributed by atoms with E-state index in [0.29, 0.717) is 6.42 Å². The van der Waals surface area contributed by atoms with Crippen LogP contribution < -0.4 is 0 Å². The molecule has 0 saturated carbocycles. The van der Waals surface area contributed by atoms with Gasteiger partial charge < -0.3 is 0 Å². The first-order valence-corrected chi connectivity index (χ1v) is 2.40. The highest BCUT2D eigenvalue weighted by atomic mass is 19.1. The number of halogens is 1. The number of hydrogen-bond donors (Lipinski definition) is 0. The molecule has 0 rings (SSSR count). The van der Waals surface area contributed by atoms with Gasteiger partial charge in [-0.05, 0) is 11.8 Å². The standard InChI is InChI=1S/C6H11F/c1-6(2,3)4-5-7/h4H2,1-3H3. The van der Waals surface area contributed by atoms with Gasteiger partial charge >= 0.3 is 0 Å². The Labute approximate surface area is 44.7 Å². The lowest BCUT2D eigenvalue weighted by molar-refractivity contribution is 0.363. The second kappa shape index (κ2) is 2.29. The van der Waals surface area contributed by atoms with Crippen molar-refractivity contribution in [3.8, 4) is 0 Å². The molecule has 0 aliphatic rings. The van der Waals surface area contributed by atoms with E-state index in [2.05, 4.69) is 0 Å². The molecule has 7 heavy (non-hydrogen) atoms. The third-order valence-corrected chi connectivity index (χ3v) is 0.597. The summed E-state index contributed by atoms with van der Waals surface area (Å²) in [6, 6.07) is 0. The predicted octanol–water partition coefficient (Wildman–Crippen LogP) is 2.43. The maximum Gasteiger partial charge on any atom is 0.185 e. The predicted molar refractivity (Wildman–Crippen MR) is 28.4 cm³/mol. The van der Waals surface area contributed by atoms with Crippen molar-refractivity contribution in [3.05, 3.63) is 6.67 Å². The van der Waals surface area contributed by atoms with Gasteiger partial charge in [0.05, 0.1) is 0 Å². The molecule has 42 valence electrons. The van der Waals surface area contributed by atoms with Gasteiger partial charge in [-0.25, -0.2) is 4.39 Å². The van der Waals surface area contributed by atoms with E-state index in [0.717, 1.165) is 0 Å². The van der Waals surface area contributed by atoms with Crippen molar-refractivity contribution in [2.45, 2.75) is 27.2 Å². The van der Waals surface area contributed by atoms with Gasteiger partial charge in [0.1, 0.15) is 0 Å². The Morgan fingerprint density at radius 1 is 1.43 bits per heavy atom. The van der Waals surface area contributed by atoms with E-state index in [1.54, 1.807) is 6.67 Å². The smallest absolute Gasteiger partial charge is 0.185 e. The van der Waals surface area contributed by atoms with Crippen LogP contribution in [0, 0.1) is 12.1 Å². The topological polar surface area (TPSA) is 0 Å². The SMILES string of the molecule is CC(C)(C)C[C]F. The summed E-state index contributed by atoms with van der Waals surface area (Å²) >= 11 is 0. The van der Waals surface area contributed by atoms with Crippen molar-refractivity contribution >= 4 is 0 Å². The Balaban J connectivity index is 3.15. The van der Waals surface area contributed by atoms with E-state index in [4.69, 9.17) is 0 Å². The van der Waals surface area contributed by atoms with Gasteiger partial charge in [-0.15, -0.1) is 0 Å². The summed E-state index contributed by atoms with van der Waals surface area (Å²) in [4.78, 5) is 0. The molecule has 2 radical (unpaired) electrons. The molecule has 0 aromatic rings. The van der Waals surface area contributed by atoms with E-state index in [1.807, 2.05) is 20.8 Å². The summed E-state index contributed by atoms with van der Waals surface area (Å²) in [5, 5.41) is 0. The van der Waals surface area contributed by atoms with Crippen LogP contribution in [-0.4, -0.2) is 0 Å². The normalized spacial score (nSPS) is 12.0. The van der Waals surface area contributed by atoms with E-state index < -0.39 is 0 Å². The first kappa shape index (κ1) is 6.93. The summed E-state index contributed by atoms with van der Waals surface area (Å²) in [6.45, 7) is 7.52. The lowest BCUT2D eigenvalue weighted by Crippen LogP contribution is -2.02. The van der Waals surface area contributed by atoms with Crippen LogP contribution in [0.4, 0.5) is 4.39 Å². The summed E-state index contributed by atoms with van der Waals surface area (Å²) in [5.41, 5.74) is 0.0642. The molecule has 0 nitrogen and oxygen atoms in total. The molecule has 0 unspecified atom stereocenters. The van der Waals surface area contributed by atoms with Crippen LogP contribution in [0.1, 0.15) is 27.2 Å². The molecule has 0 N–H and O–H groups in total. The Bertz CT molecular complexity index is 42.6. The third-order valence-electron chi connectivity index (χ3n) is 0.597. The second-order valence-corrected chi connectivity index (χ2v) is 2.87. The fourth-order valence-corrected chi connectivity index (χ4v) is 0.200. The van der Waals surface area contributed by atoms with E-state index in [-0.39, 0.29) is 5.41 Å². The van der Waals surface area contributed by atoms with Crippen molar-refractivity contribution in [2.24, 2.45) is 5.41 Å². The molecule has 0 fully saturated rings. The molecular weight excluding hydrogens is 91.1 g/mol. The maximum absolute atomic E-state index is 11.2. The lowest BCUT2D eigenvalue weighted by atomic mass is 9.93. The molecule has 1 heteroatoms. The average Bonchev–Trinajstić information content (AvgIpc) is 1.30. The Morgan fingerprint density at radius 3 is 1.86 bits per heavy atom. The van der Waals surface area contributed by atoms with Crippen LogP contribution >= 0.6 is 0 Å². The van der Waals surface area contributed by atoms with E-state index in [9.17, 15) is 4.39 Å². The fourth-order valence-electron chi connectivity index (χ4n) is 0.200. The van der Waals surface area contributed by atoms with Gasteiger partial charge in [0.2, 0.25) is 0 Å². The zero-order chi connectivity index (χ0) is 5.91. The molecule has 0 aromatic carbocycles. The molecule has 0 aromatic heterocycles. The minimum absolute atomic E-state index is 0.0642. The van der Waals surface area contributed by atoms with Gasteiger partial charge in [-0.2, -0.15) is 0 Å². The molecule has 0 aliphatic heterocycles. The maximum atomic E-state index is 11.2. The minimum atomic E-state index is 0.0642. The molecule has 0 saturated heterocycles. The van der Waals surface area contributed by atoms with E-state index >= 15 is 0 Å². The van der Waals surface area contributed by atoms with Crippen LogP contribution in [0.15, 0.2) is 0 Å². The van der Waals surface area contributed by atoms with Gasteiger partial charge in [0.15, 0.2) is 6.67 Å². The largest absolute Gasteiger partial charge is 0.236 e. The van der Waals surface area contributed by atoms with Gasteiger partial charge in [-0.1, -0.05) is 20.8 Å². The Morgan fingerprint density at radius 2 is 1.86 bits per heavy atom. The van der Waals surface area contributed by atoms with Crippen molar-refractivity contribution in [1.82, 2.24) is 0 Å². The van der Waals surface area contributed by atoms with Gasteiger partial charge in [0, 0.05) is 0 Å². The number of hydrogen-bond acceptors (Lipinski definition) is 0. The molecule has 0 amide bonds. The van der Waals surface area contributed by atoms with Crippen LogP contribution in [0.2, 0.25) is 0 Å². The van der Waals surface area contributed by atoms with Crippen molar-refractivity contribution in [3.63, 3.8) is 0 Å². The van der Waals surface area contributed by atoms with Crippen LogP contribution in [-0.2, 0) is 0 Å². The number of rotatable bonds is 1. The van der Waals surface area contributed by atoms with Crippen molar-refractivity contribution < 1.29 is 4.39 Å². The van der Waals surface area contributed by atoms with Crippen LogP contribution in [0.25, 0.3) is 0 Å². The molecular formula is C6H11F. The van der Waals surface area contributed by atoms with Crippen LogP contribution in [0.5, 0.6) is 0 Å². The monoisotopic (exact) mass is 102 g/mol. The molecule has 0 spiro atoms. The molecule has 0 heterocycles. The zero-order valence-electron chi connectivity index (χ0n) is 5.09. The van der Waals surface area contributed by atoms with Gasteiger partial charge in [0.25, 0.3) is 0 Å². The highest BCUT2D eigenvalue weighted by molar-refractivity contribution is 4.64. The third kappa shape index (κ3) is 5.93. The van der Waals surface area contributed by atoms with Gasteiger partial charge in [-0.3, -0.25) is 0 Å². The fraction of sp³-hybridized carbons (Fsp3) is 0.833. The molecule has 0 atom stereocenters. The summed E-state index contributed by atoms with van der Waals surface area (Å²) < 4.78 is 11.2. The Hall–Kier alpha value is -0.0700. The highest BCUT2D eigenvalue weighted by Crippen LogP contribution is 2.19. The summed E-state index contributed by atoms with van der Waals surface area (Å²) in [7, 11) is 0.